The molecule has 2 nitrogen and oxygen atoms in total. The molecule has 1 heterocycles. The maximum absolute atomic E-state index is 5.86. The van der Waals surface area contributed by atoms with Crippen molar-refractivity contribution < 1.29 is 4.74 Å². The van der Waals surface area contributed by atoms with Gasteiger partial charge in [-0.15, -0.1) is 11.3 Å². The Labute approximate surface area is 97.5 Å². The van der Waals surface area contributed by atoms with Crippen molar-refractivity contribution >= 4 is 22.9 Å². The Bertz CT molecular complexity index is 464. The van der Waals surface area contributed by atoms with Gasteiger partial charge in [0.2, 0.25) is 0 Å². The summed E-state index contributed by atoms with van der Waals surface area (Å²) in [7, 11) is 1.65. The Hall–Kier alpha value is -1.06. The first-order chi connectivity index (χ1) is 7.20. The van der Waals surface area contributed by atoms with E-state index in [1.54, 1.807) is 7.11 Å². The quantitative estimate of drug-likeness (QED) is 0.796. The largest absolute Gasteiger partial charge is 0.497 e. The van der Waals surface area contributed by atoms with Crippen molar-refractivity contribution in [2.75, 3.05) is 7.11 Å². The fraction of sp³-hybridized carbons (Fsp3) is 0.182. The van der Waals surface area contributed by atoms with E-state index in [1.807, 2.05) is 31.2 Å². The van der Waals surface area contributed by atoms with Crippen molar-refractivity contribution in [3.05, 3.63) is 33.6 Å². The lowest BCUT2D eigenvalue weighted by Crippen LogP contribution is -1.83. The minimum Gasteiger partial charge on any atom is -0.497 e. The van der Waals surface area contributed by atoms with E-state index in [0.29, 0.717) is 4.47 Å². The lowest BCUT2D eigenvalue weighted by Gasteiger charge is -2.01. The van der Waals surface area contributed by atoms with Crippen LogP contribution in [0, 0.1) is 6.92 Å². The molecule has 0 bridgehead atoms. The topological polar surface area (TPSA) is 22.1 Å². The van der Waals surface area contributed by atoms with Gasteiger partial charge in [0.1, 0.15) is 5.75 Å². The van der Waals surface area contributed by atoms with Gasteiger partial charge in [-0.1, -0.05) is 11.6 Å². The van der Waals surface area contributed by atoms with E-state index in [2.05, 4.69) is 4.98 Å². The van der Waals surface area contributed by atoms with Crippen molar-refractivity contribution in [1.82, 2.24) is 4.98 Å². The highest BCUT2D eigenvalue weighted by Crippen LogP contribution is 2.30. The highest BCUT2D eigenvalue weighted by atomic mass is 35.5. The third-order valence-corrected chi connectivity index (χ3v) is 3.21. The molecular weight excluding hydrogens is 230 g/mol. The molecule has 15 heavy (non-hydrogen) atoms. The molecular formula is C11H10ClNOS. The third-order valence-electron chi connectivity index (χ3n) is 2.13. The Morgan fingerprint density at radius 1 is 1.27 bits per heavy atom. The van der Waals surface area contributed by atoms with Crippen LogP contribution < -0.4 is 4.74 Å². The van der Waals surface area contributed by atoms with Crippen LogP contribution in [-0.4, -0.2) is 12.1 Å². The standard InChI is InChI=1S/C11H10ClNOS/c1-7-10(13-11(12)15-7)8-3-5-9(14-2)6-4-8/h3-6H,1-2H3. The zero-order chi connectivity index (χ0) is 10.8. The van der Waals surface area contributed by atoms with Crippen LogP contribution in [0.4, 0.5) is 0 Å². The lowest BCUT2D eigenvalue weighted by atomic mass is 10.1. The molecule has 0 unspecified atom stereocenters. The van der Waals surface area contributed by atoms with Crippen LogP contribution in [0.3, 0.4) is 0 Å². The van der Waals surface area contributed by atoms with Gasteiger partial charge in [0.05, 0.1) is 12.8 Å². The van der Waals surface area contributed by atoms with Crippen molar-refractivity contribution in [3.8, 4) is 17.0 Å². The Balaban J connectivity index is 2.41. The average Bonchev–Trinajstić information content (AvgIpc) is 2.58. The van der Waals surface area contributed by atoms with E-state index in [1.165, 1.54) is 11.3 Å². The van der Waals surface area contributed by atoms with Crippen LogP contribution >= 0.6 is 22.9 Å². The zero-order valence-electron chi connectivity index (χ0n) is 8.45. The number of methoxy groups -OCH3 is 1. The summed E-state index contributed by atoms with van der Waals surface area (Å²) >= 11 is 7.35. The average molecular weight is 240 g/mol. The number of rotatable bonds is 2. The van der Waals surface area contributed by atoms with Gasteiger partial charge in [0.15, 0.2) is 4.47 Å². The molecule has 2 rings (SSSR count). The molecule has 0 aliphatic carbocycles. The molecule has 0 fully saturated rings. The fourth-order valence-corrected chi connectivity index (χ4v) is 2.46. The van der Waals surface area contributed by atoms with Crippen LogP contribution in [-0.2, 0) is 0 Å². The molecule has 0 aliphatic heterocycles. The summed E-state index contributed by atoms with van der Waals surface area (Å²) in [4.78, 5) is 5.41. The number of benzene rings is 1. The minimum atomic E-state index is 0.582. The van der Waals surface area contributed by atoms with Crippen LogP contribution in [0.15, 0.2) is 24.3 Å². The summed E-state index contributed by atoms with van der Waals surface area (Å²) in [5.41, 5.74) is 2.02. The molecule has 0 saturated carbocycles. The summed E-state index contributed by atoms with van der Waals surface area (Å²) in [6, 6.07) is 7.80. The molecule has 78 valence electrons. The van der Waals surface area contributed by atoms with E-state index in [-0.39, 0.29) is 0 Å². The molecule has 1 aromatic heterocycles. The summed E-state index contributed by atoms with van der Waals surface area (Å²) in [6.07, 6.45) is 0. The maximum atomic E-state index is 5.86. The molecule has 0 amide bonds. The van der Waals surface area contributed by atoms with Crippen LogP contribution in [0.5, 0.6) is 5.75 Å². The van der Waals surface area contributed by atoms with E-state index in [9.17, 15) is 0 Å². The first-order valence-electron chi connectivity index (χ1n) is 4.48. The second-order valence-electron chi connectivity index (χ2n) is 3.10. The second kappa shape index (κ2) is 4.21. The molecule has 0 atom stereocenters. The van der Waals surface area contributed by atoms with E-state index in [0.717, 1.165) is 21.9 Å². The van der Waals surface area contributed by atoms with Gasteiger partial charge >= 0.3 is 0 Å². The number of aromatic nitrogens is 1. The molecule has 2 aromatic rings. The van der Waals surface area contributed by atoms with E-state index >= 15 is 0 Å². The normalized spacial score (nSPS) is 10.3. The number of aryl methyl sites for hydroxylation is 1. The minimum absolute atomic E-state index is 0.582. The SMILES string of the molecule is COc1ccc(-c2nc(Cl)sc2C)cc1. The Morgan fingerprint density at radius 3 is 2.40 bits per heavy atom. The first-order valence-corrected chi connectivity index (χ1v) is 5.67. The van der Waals surface area contributed by atoms with Gasteiger partial charge in [-0.05, 0) is 31.2 Å². The number of hydrogen-bond donors (Lipinski definition) is 0. The Kier molecular flexibility index (Phi) is 2.93. The summed E-state index contributed by atoms with van der Waals surface area (Å²) < 4.78 is 5.68. The number of ether oxygens (including phenoxy) is 1. The first kappa shape index (κ1) is 10.5. The molecule has 0 radical (unpaired) electrons. The molecule has 0 spiro atoms. The highest BCUT2D eigenvalue weighted by molar-refractivity contribution is 7.16. The third kappa shape index (κ3) is 2.13. The zero-order valence-corrected chi connectivity index (χ0v) is 10.0. The maximum Gasteiger partial charge on any atom is 0.184 e. The van der Waals surface area contributed by atoms with Crippen molar-refractivity contribution in [1.29, 1.82) is 0 Å². The molecule has 4 heteroatoms. The molecule has 0 saturated heterocycles. The number of halogens is 1. The summed E-state index contributed by atoms with van der Waals surface area (Å²) in [5.74, 6) is 0.845. The number of nitrogens with zero attached hydrogens (tertiary/aromatic N) is 1. The lowest BCUT2D eigenvalue weighted by molar-refractivity contribution is 0.415. The smallest absolute Gasteiger partial charge is 0.184 e. The number of hydrogen-bond acceptors (Lipinski definition) is 3. The van der Waals surface area contributed by atoms with Crippen LogP contribution in [0.2, 0.25) is 4.47 Å². The van der Waals surface area contributed by atoms with Gasteiger partial charge in [-0.2, -0.15) is 0 Å². The molecule has 0 N–H and O–H groups in total. The van der Waals surface area contributed by atoms with Gasteiger partial charge in [-0.25, -0.2) is 4.98 Å². The van der Waals surface area contributed by atoms with E-state index in [4.69, 9.17) is 16.3 Å². The number of thiazole rings is 1. The van der Waals surface area contributed by atoms with Gasteiger partial charge in [0.25, 0.3) is 0 Å². The Morgan fingerprint density at radius 2 is 1.93 bits per heavy atom. The monoisotopic (exact) mass is 239 g/mol. The van der Waals surface area contributed by atoms with Crippen LogP contribution in [0.25, 0.3) is 11.3 Å². The van der Waals surface area contributed by atoms with Gasteiger partial charge in [-0.3, -0.25) is 0 Å². The van der Waals surface area contributed by atoms with Crippen molar-refractivity contribution in [2.24, 2.45) is 0 Å². The van der Waals surface area contributed by atoms with Gasteiger partial charge in [0, 0.05) is 10.4 Å². The molecule has 1 aromatic carbocycles. The van der Waals surface area contributed by atoms with Crippen LogP contribution in [0.1, 0.15) is 4.88 Å². The molecule has 0 aliphatic rings. The fourth-order valence-electron chi connectivity index (χ4n) is 1.38. The van der Waals surface area contributed by atoms with Crippen molar-refractivity contribution in [3.63, 3.8) is 0 Å². The predicted octanol–water partition coefficient (Wildman–Crippen LogP) is 3.78. The van der Waals surface area contributed by atoms with Crippen molar-refractivity contribution in [2.45, 2.75) is 6.92 Å². The highest BCUT2D eigenvalue weighted by Gasteiger charge is 2.08. The summed E-state index contributed by atoms with van der Waals surface area (Å²) in [5, 5.41) is 0. The van der Waals surface area contributed by atoms with E-state index < -0.39 is 0 Å². The second-order valence-corrected chi connectivity index (χ2v) is 4.89. The predicted molar refractivity (Wildman–Crippen MR) is 63.8 cm³/mol. The summed E-state index contributed by atoms with van der Waals surface area (Å²) in [6.45, 7) is 2.02. The van der Waals surface area contributed by atoms with Gasteiger partial charge < -0.3 is 4.74 Å².